The van der Waals surface area contributed by atoms with E-state index in [1.807, 2.05) is 0 Å². The van der Waals surface area contributed by atoms with Gasteiger partial charge in [0.15, 0.2) is 0 Å². The van der Waals surface area contributed by atoms with Crippen LogP contribution in [0.15, 0.2) is 60.3 Å². The topological polar surface area (TPSA) is 55.4 Å². The summed E-state index contributed by atoms with van der Waals surface area (Å²) in [5.41, 5.74) is 0.976. The number of hydrogen-bond acceptors (Lipinski definition) is 3. The molecule has 4 nitrogen and oxygen atoms in total. The predicted molar refractivity (Wildman–Crippen MR) is 89.5 cm³/mol. The van der Waals surface area contributed by atoms with Gasteiger partial charge in [-0.1, -0.05) is 30.3 Å². The first-order valence-corrected chi connectivity index (χ1v) is 7.50. The van der Waals surface area contributed by atoms with Gasteiger partial charge in [-0.3, -0.25) is 4.79 Å². The lowest BCUT2D eigenvalue weighted by atomic mass is 10.1. The molecule has 24 heavy (non-hydrogen) atoms. The molecule has 0 saturated heterocycles. The van der Waals surface area contributed by atoms with Crippen molar-refractivity contribution in [3.8, 4) is 0 Å². The van der Waals surface area contributed by atoms with Crippen molar-refractivity contribution in [2.45, 2.75) is 20.0 Å². The van der Waals surface area contributed by atoms with Crippen LogP contribution in [0.5, 0.6) is 0 Å². The molecule has 5 heteroatoms. The molecule has 0 aliphatic rings. The Balaban J connectivity index is 2.27. The van der Waals surface area contributed by atoms with Crippen molar-refractivity contribution in [3.63, 3.8) is 0 Å². The lowest BCUT2D eigenvalue weighted by molar-refractivity contribution is -0.142. The molecule has 0 aliphatic heterocycles. The number of benzene rings is 2. The summed E-state index contributed by atoms with van der Waals surface area (Å²) >= 11 is 0. The minimum Gasteiger partial charge on any atom is -0.458 e. The fourth-order valence-electron chi connectivity index (χ4n) is 1.93. The van der Waals surface area contributed by atoms with Crippen LogP contribution in [0.2, 0.25) is 0 Å². The molecule has 0 aliphatic carbocycles. The molecule has 2 aromatic rings. The van der Waals surface area contributed by atoms with E-state index in [0.717, 1.165) is 0 Å². The van der Waals surface area contributed by atoms with E-state index >= 15 is 0 Å². The van der Waals surface area contributed by atoms with Crippen molar-refractivity contribution < 1.29 is 18.7 Å². The Bertz CT molecular complexity index is 737. The second-order valence-electron chi connectivity index (χ2n) is 5.38. The van der Waals surface area contributed by atoms with E-state index in [9.17, 15) is 14.0 Å². The summed E-state index contributed by atoms with van der Waals surface area (Å²) in [5, 5.41) is 2.56. The quantitative estimate of drug-likeness (QED) is 0.675. The van der Waals surface area contributed by atoms with E-state index in [1.165, 1.54) is 30.3 Å². The van der Waals surface area contributed by atoms with E-state index in [1.54, 1.807) is 44.2 Å². The Kier molecular flexibility index (Phi) is 5.84. The monoisotopic (exact) mass is 327 g/mol. The average Bonchev–Trinajstić information content (AvgIpc) is 2.56. The number of carbonyl (C=O) groups is 2. The molecular weight excluding hydrogens is 309 g/mol. The molecule has 0 heterocycles. The van der Waals surface area contributed by atoms with Crippen LogP contribution in [0, 0.1) is 5.82 Å². The van der Waals surface area contributed by atoms with Crippen molar-refractivity contribution in [2.24, 2.45) is 0 Å². The lowest BCUT2D eigenvalue weighted by Gasteiger charge is -2.12. The maximum Gasteiger partial charge on any atom is 0.355 e. The van der Waals surface area contributed by atoms with E-state index in [2.05, 4.69) is 5.32 Å². The van der Waals surface area contributed by atoms with Crippen molar-refractivity contribution in [2.75, 3.05) is 0 Å². The van der Waals surface area contributed by atoms with Crippen LogP contribution in [-0.4, -0.2) is 18.0 Å². The summed E-state index contributed by atoms with van der Waals surface area (Å²) in [4.78, 5) is 24.5. The number of rotatable bonds is 5. The van der Waals surface area contributed by atoms with E-state index in [0.29, 0.717) is 11.1 Å². The van der Waals surface area contributed by atoms with E-state index < -0.39 is 11.9 Å². The summed E-state index contributed by atoms with van der Waals surface area (Å²) < 4.78 is 18.2. The Morgan fingerprint density at radius 2 is 1.67 bits per heavy atom. The number of nitrogens with one attached hydrogen (secondary N) is 1. The summed E-state index contributed by atoms with van der Waals surface area (Å²) in [6, 6.07) is 14.1. The van der Waals surface area contributed by atoms with Gasteiger partial charge in [0.05, 0.1) is 6.10 Å². The first-order chi connectivity index (χ1) is 11.5. The van der Waals surface area contributed by atoms with E-state index in [4.69, 9.17) is 4.74 Å². The van der Waals surface area contributed by atoms with Gasteiger partial charge in [0.2, 0.25) is 0 Å². The van der Waals surface area contributed by atoms with Gasteiger partial charge in [0, 0.05) is 5.56 Å². The fraction of sp³-hybridized carbons (Fsp3) is 0.158. The Labute approximate surface area is 140 Å². The Hall–Kier alpha value is -2.95. The highest BCUT2D eigenvalue weighted by Gasteiger charge is 2.17. The SMILES string of the molecule is CC(C)OC(=O)/C(=C/c1ccc(F)cc1)NC(=O)c1ccccc1. The molecule has 124 valence electrons. The van der Waals surface area contributed by atoms with Crippen LogP contribution in [0.1, 0.15) is 29.8 Å². The molecule has 0 atom stereocenters. The van der Waals surface area contributed by atoms with Gasteiger partial charge in [0.25, 0.3) is 5.91 Å². The average molecular weight is 327 g/mol. The minimum absolute atomic E-state index is 0.0100. The van der Waals surface area contributed by atoms with Crippen molar-refractivity contribution in [1.82, 2.24) is 5.32 Å². The zero-order valence-corrected chi connectivity index (χ0v) is 13.5. The van der Waals surface area contributed by atoms with Crippen LogP contribution >= 0.6 is 0 Å². The van der Waals surface area contributed by atoms with Gasteiger partial charge in [-0.2, -0.15) is 0 Å². The minimum atomic E-state index is -0.654. The number of amides is 1. The summed E-state index contributed by atoms with van der Waals surface area (Å²) in [7, 11) is 0. The first-order valence-electron chi connectivity index (χ1n) is 7.50. The maximum atomic E-state index is 13.0. The molecule has 1 N–H and O–H groups in total. The van der Waals surface area contributed by atoms with Crippen molar-refractivity contribution in [1.29, 1.82) is 0 Å². The molecule has 0 aromatic heterocycles. The highest BCUT2D eigenvalue weighted by Crippen LogP contribution is 2.10. The van der Waals surface area contributed by atoms with E-state index in [-0.39, 0.29) is 17.6 Å². The second-order valence-corrected chi connectivity index (χ2v) is 5.38. The van der Waals surface area contributed by atoms with Gasteiger partial charge in [-0.05, 0) is 49.8 Å². The number of hydrogen-bond donors (Lipinski definition) is 1. The molecule has 0 saturated carbocycles. The van der Waals surface area contributed by atoms with Crippen molar-refractivity contribution in [3.05, 3.63) is 77.2 Å². The molecule has 0 radical (unpaired) electrons. The number of ether oxygens (including phenoxy) is 1. The van der Waals surface area contributed by atoms with Crippen LogP contribution < -0.4 is 5.32 Å². The molecule has 0 bridgehead atoms. The van der Waals surface area contributed by atoms with Crippen molar-refractivity contribution >= 4 is 18.0 Å². The number of halogens is 1. The normalized spacial score (nSPS) is 11.2. The van der Waals surface area contributed by atoms with Gasteiger partial charge in [-0.15, -0.1) is 0 Å². The second kappa shape index (κ2) is 8.06. The summed E-state index contributed by atoms with van der Waals surface area (Å²) in [6.45, 7) is 3.43. The highest BCUT2D eigenvalue weighted by atomic mass is 19.1. The highest BCUT2D eigenvalue weighted by molar-refractivity contribution is 6.03. The maximum absolute atomic E-state index is 13.0. The summed E-state index contributed by atoms with van der Waals surface area (Å²) in [5.74, 6) is -1.46. The molecule has 2 rings (SSSR count). The predicted octanol–water partition coefficient (Wildman–Crippen LogP) is 3.55. The van der Waals surface area contributed by atoms with Gasteiger partial charge < -0.3 is 10.1 Å². The smallest absolute Gasteiger partial charge is 0.355 e. The zero-order chi connectivity index (χ0) is 17.5. The molecular formula is C19H18FNO3. The van der Waals surface area contributed by atoms with Crippen LogP contribution in [-0.2, 0) is 9.53 Å². The third-order valence-corrected chi connectivity index (χ3v) is 3.03. The summed E-state index contributed by atoms with van der Waals surface area (Å²) in [6.07, 6.45) is 1.12. The fourth-order valence-corrected chi connectivity index (χ4v) is 1.93. The molecule has 1 amide bonds. The largest absolute Gasteiger partial charge is 0.458 e. The van der Waals surface area contributed by atoms with Crippen LogP contribution in [0.25, 0.3) is 6.08 Å². The first kappa shape index (κ1) is 17.4. The van der Waals surface area contributed by atoms with Gasteiger partial charge in [-0.25, -0.2) is 9.18 Å². The molecule has 0 fully saturated rings. The Morgan fingerprint density at radius 3 is 2.25 bits per heavy atom. The van der Waals surface area contributed by atoms with Gasteiger partial charge in [0.1, 0.15) is 11.5 Å². The number of esters is 1. The number of carbonyl (C=O) groups excluding carboxylic acids is 2. The molecule has 2 aromatic carbocycles. The van der Waals surface area contributed by atoms with Crippen LogP contribution in [0.4, 0.5) is 4.39 Å². The third-order valence-electron chi connectivity index (χ3n) is 3.03. The molecule has 0 spiro atoms. The van der Waals surface area contributed by atoms with Gasteiger partial charge >= 0.3 is 5.97 Å². The zero-order valence-electron chi connectivity index (χ0n) is 13.5. The third kappa shape index (κ3) is 5.05. The Morgan fingerprint density at radius 1 is 1.04 bits per heavy atom. The standard InChI is InChI=1S/C19H18FNO3/c1-13(2)24-19(23)17(12-14-8-10-16(20)11-9-14)21-18(22)15-6-4-3-5-7-15/h3-13H,1-2H3,(H,21,22)/b17-12-. The lowest BCUT2D eigenvalue weighted by Crippen LogP contribution is -2.29. The van der Waals surface area contributed by atoms with Crippen LogP contribution in [0.3, 0.4) is 0 Å². The molecule has 0 unspecified atom stereocenters.